The highest BCUT2D eigenvalue weighted by Gasteiger charge is 2.24. The van der Waals surface area contributed by atoms with Gasteiger partial charge in [0.25, 0.3) is 0 Å². The van der Waals surface area contributed by atoms with Crippen LogP contribution in [0.3, 0.4) is 0 Å². The van der Waals surface area contributed by atoms with E-state index in [0.717, 1.165) is 5.56 Å². The Labute approximate surface area is 102 Å². The average Bonchev–Trinajstić information content (AvgIpc) is 2.30. The fraction of sp³-hybridized carbons (Fsp3) is 0.286. The van der Waals surface area contributed by atoms with Crippen molar-refractivity contribution in [3.8, 4) is 12.1 Å². The van der Waals surface area contributed by atoms with Crippen molar-refractivity contribution in [2.75, 3.05) is 20.6 Å². The van der Waals surface area contributed by atoms with Crippen molar-refractivity contribution in [1.82, 2.24) is 0 Å². The number of nitrogens with zero attached hydrogens (tertiary/aromatic N) is 3. The zero-order valence-corrected chi connectivity index (χ0v) is 10.2. The van der Waals surface area contributed by atoms with Gasteiger partial charge in [0.2, 0.25) is 0 Å². The van der Waals surface area contributed by atoms with Crippen molar-refractivity contribution >= 4 is 6.08 Å². The van der Waals surface area contributed by atoms with Crippen LogP contribution in [0.15, 0.2) is 36.4 Å². The van der Waals surface area contributed by atoms with E-state index in [2.05, 4.69) is 12.1 Å². The van der Waals surface area contributed by atoms with Gasteiger partial charge in [-0.25, -0.2) is 0 Å². The van der Waals surface area contributed by atoms with E-state index >= 15 is 0 Å². The van der Waals surface area contributed by atoms with Crippen LogP contribution < -0.4 is 0 Å². The largest absolute Gasteiger partial charge is 0.299 e. The maximum Gasteiger partial charge on any atom is 0.196 e. The Hall–Kier alpha value is -2.10. The first-order chi connectivity index (χ1) is 8.10. The first-order valence-electron chi connectivity index (χ1n) is 5.42. The van der Waals surface area contributed by atoms with Gasteiger partial charge in [0.15, 0.2) is 12.6 Å². The number of benzene rings is 1. The van der Waals surface area contributed by atoms with Crippen LogP contribution >= 0.6 is 0 Å². The van der Waals surface area contributed by atoms with E-state index in [4.69, 9.17) is 10.5 Å². The summed E-state index contributed by atoms with van der Waals surface area (Å²) in [7, 11) is 3.76. The lowest BCUT2D eigenvalue weighted by Gasteiger charge is -2.29. The van der Waals surface area contributed by atoms with Gasteiger partial charge in [0.05, 0.1) is 14.1 Å². The minimum absolute atomic E-state index is 0.310. The van der Waals surface area contributed by atoms with Gasteiger partial charge in [-0.1, -0.05) is 36.4 Å². The SMILES string of the molecule is C[N+](C)(CC#N)C(C#N)/C=C/c1ccccc1. The molecule has 0 N–H and O–H groups in total. The van der Waals surface area contributed by atoms with Gasteiger partial charge in [-0.05, 0) is 11.6 Å². The second kappa shape index (κ2) is 5.84. The molecule has 1 aromatic carbocycles. The molecule has 0 spiro atoms. The summed E-state index contributed by atoms with van der Waals surface area (Å²) in [5, 5.41) is 17.9. The maximum atomic E-state index is 9.14. The highest BCUT2D eigenvalue weighted by molar-refractivity contribution is 5.49. The standard InChI is InChI=1S/C14H16N3/c1-17(2,11-10-15)14(12-16)9-8-13-6-4-3-5-7-13/h3-9,14H,11H2,1-2H3/q+1/b9-8+. The second-order valence-corrected chi connectivity index (χ2v) is 4.44. The topological polar surface area (TPSA) is 47.6 Å². The monoisotopic (exact) mass is 226 g/mol. The molecule has 0 heterocycles. The summed E-state index contributed by atoms with van der Waals surface area (Å²) in [5.41, 5.74) is 1.06. The lowest BCUT2D eigenvalue weighted by molar-refractivity contribution is -0.893. The molecule has 0 saturated heterocycles. The summed E-state index contributed by atoms with van der Waals surface area (Å²) in [6.45, 7) is 0.317. The first kappa shape index (κ1) is 13.0. The smallest absolute Gasteiger partial charge is 0.196 e. The summed E-state index contributed by atoms with van der Waals surface area (Å²) in [6, 6.07) is 13.9. The van der Waals surface area contributed by atoms with Gasteiger partial charge in [-0.15, -0.1) is 0 Å². The van der Waals surface area contributed by atoms with Crippen LogP contribution in [0.4, 0.5) is 0 Å². The zero-order valence-electron chi connectivity index (χ0n) is 10.2. The van der Waals surface area contributed by atoms with E-state index in [-0.39, 0.29) is 6.04 Å². The molecule has 0 aliphatic rings. The van der Waals surface area contributed by atoms with Crippen LogP contribution in [-0.2, 0) is 0 Å². The van der Waals surface area contributed by atoms with Gasteiger partial charge in [0.1, 0.15) is 12.1 Å². The molecule has 3 heteroatoms. The van der Waals surface area contributed by atoms with E-state index in [1.807, 2.05) is 56.6 Å². The number of nitriles is 2. The van der Waals surface area contributed by atoms with Gasteiger partial charge in [0, 0.05) is 0 Å². The minimum atomic E-state index is -0.310. The maximum absolute atomic E-state index is 9.14. The summed E-state index contributed by atoms with van der Waals surface area (Å²) in [5.74, 6) is 0. The molecule has 0 fully saturated rings. The predicted molar refractivity (Wildman–Crippen MR) is 67.5 cm³/mol. The number of rotatable bonds is 4. The van der Waals surface area contributed by atoms with Crippen molar-refractivity contribution in [1.29, 1.82) is 10.5 Å². The van der Waals surface area contributed by atoms with Crippen LogP contribution in [0.2, 0.25) is 0 Å². The fourth-order valence-corrected chi connectivity index (χ4v) is 1.48. The summed E-state index contributed by atoms with van der Waals surface area (Å²) in [4.78, 5) is 0. The molecule has 3 nitrogen and oxygen atoms in total. The molecule has 0 saturated carbocycles. The third kappa shape index (κ3) is 3.75. The highest BCUT2D eigenvalue weighted by Crippen LogP contribution is 2.10. The zero-order chi connectivity index (χ0) is 12.7. The van der Waals surface area contributed by atoms with Crippen LogP contribution in [0.25, 0.3) is 6.08 Å². The third-order valence-corrected chi connectivity index (χ3v) is 2.63. The van der Waals surface area contributed by atoms with E-state index in [1.54, 1.807) is 0 Å². The van der Waals surface area contributed by atoms with E-state index in [1.165, 1.54) is 0 Å². The molecule has 0 aromatic heterocycles. The van der Waals surface area contributed by atoms with Gasteiger partial charge < -0.3 is 0 Å². The van der Waals surface area contributed by atoms with Crippen molar-refractivity contribution in [3.05, 3.63) is 42.0 Å². The van der Waals surface area contributed by atoms with Gasteiger partial charge >= 0.3 is 0 Å². The Kier molecular flexibility index (Phi) is 4.46. The van der Waals surface area contributed by atoms with Gasteiger partial charge in [-0.2, -0.15) is 10.5 Å². The molecule has 0 aliphatic carbocycles. The number of hydrogen-bond acceptors (Lipinski definition) is 2. The van der Waals surface area contributed by atoms with Gasteiger partial charge in [-0.3, -0.25) is 4.48 Å². The van der Waals surface area contributed by atoms with Crippen LogP contribution in [0.5, 0.6) is 0 Å². The molecule has 0 amide bonds. The Bertz CT molecular complexity index is 460. The number of quaternary nitrogens is 1. The van der Waals surface area contributed by atoms with Crippen molar-refractivity contribution in [2.24, 2.45) is 0 Å². The number of hydrogen-bond donors (Lipinski definition) is 0. The third-order valence-electron chi connectivity index (χ3n) is 2.63. The van der Waals surface area contributed by atoms with E-state index in [9.17, 15) is 0 Å². The van der Waals surface area contributed by atoms with Crippen molar-refractivity contribution < 1.29 is 4.48 Å². The molecule has 0 bridgehead atoms. The molecule has 0 radical (unpaired) electrons. The molecule has 0 aliphatic heterocycles. The Balaban J connectivity index is 2.82. The summed E-state index contributed by atoms with van der Waals surface area (Å²) >= 11 is 0. The van der Waals surface area contributed by atoms with E-state index < -0.39 is 0 Å². The molecule has 86 valence electrons. The predicted octanol–water partition coefficient (Wildman–Crippen LogP) is 2.19. The Morgan fingerprint density at radius 3 is 2.41 bits per heavy atom. The molecule has 1 unspecified atom stereocenters. The molecule has 1 atom stereocenters. The molecular formula is C14H16N3+. The quantitative estimate of drug-likeness (QED) is 0.583. The summed E-state index contributed by atoms with van der Waals surface area (Å²) < 4.78 is 0.357. The normalized spacial score (nSPS) is 12.9. The Morgan fingerprint density at radius 2 is 1.88 bits per heavy atom. The summed E-state index contributed by atoms with van der Waals surface area (Å²) in [6.07, 6.45) is 3.78. The fourth-order valence-electron chi connectivity index (χ4n) is 1.48. The second-order valence-electron chi connectivity index (χ2n) is 4.44. The molecule has 1 aromatic rings. The lowest BCUT2D eigenvalue weighted by atomic mass is 10.1. The number of likely N-dealkylation sites (N-methyl/N-ethyl adjacent to an activating group) is 1. The van der Waals surface area contributed by atoms with Crippen LogP contribution in [-0.4, -0.2) is 31.2 Å². The first-order valence-corrected chi connectivity index (χ1v) is 5.42. The highest BCUT2D eigenvalue weighted by atomic mass is 15.3. The van der Waals surface area contributed by atoms with Crippen LogP contribution in [0, 0.1) is 22.7 Å². The van der Waals surface area contributed by atoms with Crippen molar-refractivity contribution in [2.45, 2.75) is 6.04 Å². The average molecular weight is 226 g/mol. The molecule has 17 heavy (non-hydrogen) atoms. The molecule has 1 rings (SSSR count). The minimum Gasteiger partial charge on any atom is -0.299 e. The Morgan fingerprint density at radius 1 is 1.24 bits per heavy atom. The van der Waals surface area contributed by atoms with E-state index in [0.29, 0.717) is 11.0 Å². The van der Waals surface area contributed by atoms with Crippen molar-refractivity contribution in [3.63, 3.8) is 0 Å². The molecular weight excluding hydrogens is 210 g/mol. The lowest BCUT2D eigenvalue weighted by Crippen LogP contribution is -2.47. The van der Waals surface area contributed by atoms with Crippen LogP contribution in [0.1, 0.15) is 5.56 Å².